The van der Waals surface area contributed by atoms with Crippen LogP contribution < -0.4 is 10.6 Å². The topological polar surface area (TPSA) is 77.6 Å². The lowest BCUT2D eigenvalue weighted by molar-refractivity contribution is 0.0945. The van der Waals surface area contributed by atoms with Gasteiger partial charge in [0.25, 0.3) is 11.8 Å². The van der Waals surface area contributed by atoms with Crippen LogP contribution >= 0.6 is 0 Å². The first kappa shape index (κ1) is 23.6. The van der Waals surface area contributed by atoms with Crippen molar-refractivity contribution >= 4 is 17.5 Å². The molecule has 34 heavy (non-hydrogen) atoms. The quantitative estimate of drug-likeness (QED) is 0.482. The van der Waals surface area contributed by atoms with Gasteiger partial charge in [0.05, 0.1) is 5.56 Å². The molecule has 0 spiro atoms. The number of pyridine rings is 1. The van der Waals surface area contributed by atoms with Crippen LogP contribution in [0.4, 0.5) is 5.69 Å². The minimum Gasteiger partial charge on any atom is -0.352 e. The number of hydrogen-bond donors (Lipinski definition) is 2. The summed E-state index contributed by atoms with van der Waals surface area (Å²) in [6.45, 7) is 6.85. The van der Waals surface area contributed by atoms with Gasteiger partial charge in [-0.1, -0.05) is 36.4 Å². The number of piperazine rings is 1. The van der Waals surface area contributed by atoms with Gasteiger partial charge in [-0.25, -0.2) is 0 Å². The lowest BCUT2D eigenvalue weighted by Gasteiger charge is -2.34. The molecule has 0 bridgehead atoms. The van der Waals surface area contributed by atoms with Crippen molar-refractivity contribution in [3.63, 3.8) is 0 Å². The average Bonchev–Trinajstić information content (AvgIpc) is 2.89. The van der Waals surface area contributed by atoms with Gasteiger partial charge in [-0.05, 0) is 48.9 Å². The molecule has 4 rings (SSSR count). The highest BCUT2D eigenvalue weighted by Gasteiger charge is 2.16. The molecular formula is C27H31N5O2. The third-order valence-corrected chi connectivity index (χ3v) is 5.96. The van der Waals surface area contributed by atoms with E-state index in [-0.39, 0.29) is 11.8 Å². The second kappa shape index (κ2) is 12.1. The van der Waals surface area contributed by atoms with Crippen LogP contribution in [0, 0.1) is 0 Å². The first-order valence-electron chi connectivity index (χ1n) is 11.8. The van der Waals surface area contributed by atoms with Crippen LogP contribution in [0.25, 0.3) is 0 Å². The van der Waals surface area contributed by atoms with Crippen LogP contribution in [0.3, 0.4) is 0 Å². The van der Waals surface area contributed by atoms with E-state index in [2.05, 4.69) is 55.7 Å². The molecule has 7 heteroatoms. The molecule has 2 heterocycles. The molecule has 0 unspecified atom stereocenters. The number of amides is 2. The minimum atomic E-state index is -0.255. The second-order valence-corrected chi connectivity index (χ2v) is 8.49. The van der Waals surface area contributed by atoms with Gasteiger partial charge in [-0.3, -0.25) is 19.5 Å². The van der Waals surface area contributed by atoms with Gasteiger partial charge in [0, 0.05) is 62.9 Å². The third kappa shape index (κ3) is 6.97. The van der Waals surface area contributed by atoms with Crippen molar-refractivity contribution in [3.8, 4) is 0 Å². The van der Waals surface area contributed by atoms with Gasteiger partial charge in [0.2, 0.25) is 0 Å². The molecule has 0 atom stereocenters. The predicted octanol–water partition coefficient (Wildman–Crippen LogP) is 3.27. The molecule has 1 aliphatic heterocycles. The van der Waals surface area contributed by atoms with Crippen molar-refractivity contribution in [1.29, 1.82) is 0 Å². The van der Waals surface area contributed by atoms with Crippen LogP contribution in [0.1, 0.15) is 32.7 Å². The molecule has 1 aliphatic rings. The molecule has 1 aromatic heterocycles. The first-order chi connectivity index (χ1) is 16.7. The number of benzene rings is 2. The van der Waals surface area contributed by atoms with Gasteiger partial charge in [0.15, 0.2) is 0 Å². The highest BCUT2D eigenvalue weighted by molar-refractivity contribution is 6.04. The molecule has 2 N–H and O–H groups in total. The smallest absolute Gasteiger partial charge is 0.257 e. The summed E-state index contributed by atoms with van der Waals surface area (Å²) in [5.74, 6) is -0.389. The molecule has 7 nitrogen and oxygen atoms in total. The summed E-state index contributed by atoms with van der Waals surface area (Å²) in [7, 11) is 0. The molecule has 0 saturated carbocycles. The Morgan fingerprint density at radius 3 is 2.35 bits per heavy atom. The summed E-state index contributed by atoms with van der Waals surface area (Å²) in [5.41, 5.74) is 2.94. The fraction of sp³-hybridized carbons (Fsp3) is 0.296. The van der Waals surface area contributed by atoms with E-state index in [1.54, 1.807) is 42.6 Å². The number of carbonyl (C=O) groups excluding carboxylic acids is 2. The zero-order chi connectivity index (χ0) is 23.6. The zero-order valence-corrected chi connectivity index (χ0v) is 19.3. The van der Waals surface area contributed by atoms with Crippen molar-refractivity contribution in [2.75, 3.05) is 44.6 Å². The Morgan fingerprint density at radius 1 is 0.824 bits per heavy atom. The maximum Gasteiger partial charge on any atom is 0.257 e. The van der Waals surface area contributed by atoms with Crippen molar-refractivity contribution in [3.05, 3.63) is 95.8 Å². The highest BCUT2D eigenvalue weighted by atomic mass is 16.2. The molecule has 0 radical (unpaired) electrons. The summed E-state index contributed by atoms with van der Waals surface area (Å²) in [4.78, 5) is 33.8. The van der Waals surface area contributed by atoms with Gasteiger partial charge in [-0.2, -0.15) is 0 Å². The van der Waals surface area contributed by atoms with Crippen LogP contribution in [-0.4, -0.2) is 65.9 Å². The summed E-state index contributed by atoms with van der Waals surface area (Å²) >= 11 is 0. The summed E-state index contributed by atoms with van der Waals surface area (Å²) < 4.78 is 0. The summed E-state index contributed by atoms with van der Waals surface area (Å²) in [5, 5.41) is 5.81. The van der Waals surface area contributed by atoms with Crippen molar-refractivity contribution in [2.24, 2.45) is 0 Å². The Bertz CT molecular complexity index is 1070. The fourth-order valence-corrected chi connectivity index (χ4v) is 4.06. The van der Waals surface area contributed by atoms with E-state index < -0.39 is 0 Å². The third-order valence-electron chi connectivity index (χ3n) is 5.96. The van der Waals surface area contributed by atoms with E-state index >= 15 is 0 Å². The minimum absolute atomic E-state index is 0.134. The SMILES string of the molecule is O=C(NCCCN1CCN(Cc2ccccc2)CC1)c1cccc(NC(=O)c2cccnc2)c1. The summed E-state index contributed by atoms with van der Waals surface area (Å²) in [6, 6.07) is 21.0. The number of anilines is 1. The second-order valence-electron chi connectivity index (χ2n) is 8.49. The predicted molar refractivity (Wildman–Crippen MR) is 134 cm³/mol. The first-order valence-corrected chi connectivity index (χ1v) is 11.8. The van der Waals surface area contributed by atoms with Crippen molar-refractivity contribution in [2.45, 2.75) is 13.0 Å². The Balaban J connectivity index is 1.16. The number of rotatable bonds is 9. The van der Waals surface area contributed by atoms with Crippen LogP contribution in [0.15, 0.2) is 79.1 Å². The number of nitrogens with one attached hydrogen (secondary N) is 2. The van der Waals surface area contributed by atoms with Crippen molar-refractivity contribution < 1.29 is 9.59 Å². The number of carbonyl (C=O) groups is 2. The molecule has 2 aromatic carbocycles. The molecule has 3 aromatic rings. The maximum atomic E-state index is 12.6. The van der Waals surface area contributed by atoms with Gasteiger partial charge in [-0.15, -0.1) is 0 Å². The molecular weight excluding hydrogens is 426 g/mol. The average molecular weight is 458 g/mol. The molecule has 0 aliphatic carbocycles. The van der Waals surface area contributed by atoms with E-state index in [9.17, 15) is 9.59 Å². The lowest BCUT2D eigenvalue weighted by atomic mass is 10.1. The molecule has 2 amide bonds. The summed E-state index contributed by atoms with van der Waals surface area (Å²) in [6.07, 6.45) is 4.03. The molecule has 1 saturated heterocycles. The monoisotopic (exact) mass is 457 g/mol. The highest BCUT2D eigenvalue weighted by Crippen LogP contribution is 2.13. The van der Waals surface area contributed by atoms with Crippen LogP contribution in [0.2, 0.25) is 0 Å². The molecule has 176 valence electrons. The Kier molecular flexibility index (Phi) is 8.38. The van der Waals surface area contributed by atoms with E-state index in [1.165, 1.54) is 11.8 Å². The normalized spacial score (nSPS) is 14.5. The number of hydrogen-bond acceptors (Lipinski definition) is 5. The Labute approximate surface area is 200 Å². The standard InChI is InChI=1S/C27H31N5O2/c33-26(23-9-4-11-25(19-23)30-27(34)24-10-5-12-28-20-24)29-13-6-14-31-15-17-32(18-16-31)21-22-7-2-1-3-8-22/h1-5,7-12,19-20H,6,13-18,21H2,(H,29,33)(H,30,34). The molecule has 1 fully saturated rings. The van der Waals surface area contributed by atoms with E-state index in [1.807, 2.05) is 0 Å². The van der Waals surface area contributed by atoms with E-state index in [0.717, 1.165) is 45.7 Å². The largest absolute Gasteiger partial charge is 0.352 e. The van der Waals surface area contributed by atoms with E-state index in [0.29, 0.717) is 23.4 Å². The lowest BCUT2D eigenvalue weighted by Crippen LogP contribution is -2.46. The van der Waals surface area contributed by atoms with Gasteiger partial charge >= 0.3 is 0 Å². The number of nitrogens with zero attached hydrogens (tertiary/aromatic N) is 3. The van der Waals surface area contributed by atoms with Crippen molar-refractivity contribution in [1.82, 2.24) is 20.1 Å². The van der Waals surface area contributed by atoms with Gasteiger partial charge in [0.1, 0.15) is 0 Å². The Morgan fingerprint density at radius 2 is 1.59 bits per heavy atom. The Hall–Kier alpha value is -3.55. The van der Waals surface area contributed by atoms with Gasteiger partial charge < -0.3 is 15.5 Å². The van der Waals surface area contributed by atoms with Crippen LogP contribution in [0.5, 0.6) is 0 Å². The maximum absolute atomic E-state index is 12.6. The number of aromatic nitrogens is 1. The van der Waals surface area contributed by atoms with Crippen LogP contribution in [-0.2, 0) is 6.54 Å². The zero-order valence-electron chi connectivity index (χ0n) is 19.3. The fourth-order valence-electron chi connectivity index (χ4n) is 4.06. The van der Waals surface area contributed by atoms with E-state index in [4.69, 9.17) is 0 Å².